The molecule has 0 saturated carbocycles. The van der Waals surface area contributed by atoms with Gasteiger partial charge in [0.2, 0.25) is 0 Å². The van der Waals surface area contributed by atoms with Crippen molar-refractivity contribution in [2.45, 2.75) is 6.42 Å². The van der Waals surface area contributed by atoms with Gasteiger partial charge in [-0.2, -0.15) is 0 Å². The van der Waals surface area contributed by atoms with Crippen LogP contribution in [0.15, 0.2) is 30.3 Å². The molecule has 0 unspecified atom stereocenters. The summed E-state index contributed by atoms with van der Waals surface area (Å²) in [4.78, 5) is 10.3. The first kappa shape index (κ1) is 17.0. The third-order valence-electron chi connectivity index (χ3n) is 2.08. The number of aliphatic hydroxyl groups is 2. The van der Waals surface area contributed by atoms with E-state index in [2.05, 4.69) is 0 Å². The number of hydrogen-bond acceptors (Lipinski definition) is 5. The first-order valence-electron chi connectivity index (χ1n) is 5.66. The maximum absolute atomic E-state index is 8.67. The molecule has 0 saturated heterocycles. The van der Waals surface area contributed by atoms with Crippen molar-refractivity contribution in [3.8, 4) is 0 Å². The molecular formula is C12H21NO5. The van der Waals surface area contributed by atoms with E-state index in [1.807, 2.05) is 30.3 Å². The summed E-state index contributed by atoms with van der Waals surface area (Å²) in [6.45, 7) is 0.777. The molecule has 0 fully saturated rings. The van der Waals surface area contributed by atoms with Crippen LogP contribution in [-0.4, -0.2) is 53.9 Å². The average Bonchev–Trinajstić information content (AvgIpc) is 2.39. The highest BCUT2D eigenvalue weighted by molar-refractivity contribution is 5.14. The van der Waals surface area contributed by atoms with Crippen LogP contribution in [0.3, 0.4) is 0 Å². The van der Waals surface area contributed by atoms with E-state index in [0.717, 1.165) is 6.42 Å². The van der Waals surface area contributed by atoms with Gasteiger partial charge in [0.1, 0.15) is 0 Å². The molecule has 104 valence electrons. The Morgan fingerprint density at radius 1 is 0.944 bits per heavy atom. The van der Waals surface area contributed by atoms with Crippen LogP contribution in [0.1, 0.15) is 5.56 Å². The van der Waals surface area contributed by atoms with E-state index < -0.39 is 0 Å². The Bertz CT molecular complexity index is 275. The van der Waals surface area contributed by atoms with Crippen molar-refractivity contribution in [3.05, 3.63) is 35.9 Å². The van der Waals surface area contributed by atoms with E-state index in [1.165, 1.54) is 10.8 Å². The molecule has 0 atom stereocenters. The second-order valence-electron chi connectivity index (χ2n) is 3.41. The van der Waals surface area contributed by atoms with Crippen LogP contribution in [0.4, 0.5) is 0 Å². The Morgan fingerprint density at radius 2 is 1.50 bits per heavy atom. The SMILES string of the molecule is O.OCCON(CCc1ccccc1)OCCO. The van der Waals surface area contributed by atoms with Crippen molar-refractivity contribution in [2.24, 2.45) is 0 Å². The molecule has 0 aliphatic heterocycles. The second-order valence-corrected chi connectivity index (χ2v) is 3.41. The Balaban J connectivity index is 0.00000289. The van der Waals surface area contributed by atoms with Crippen LogP contribution in [0.25, 0.3) is 0 Å². The number of benzene rings is 1. The minimum atomic E-state index is -0.0652. The molecule has 0 aromatic heterocycles. The van der Waals surface area contributed by atoms with Crippen LogP contribution in [-0.2, 0) is 16.1 Å². The largest absolute Gasteiger partial charge is 0.412 e. The molecule has 1 rings (SSSR count). The maximum atomic E-state index is 8.67. The third kappa shape index (κ3) is 7.33. The quantitative estimate of drug-likeness (QED) is 0.586. The molecule has 4 N–H and O–H groups in total. The molecule has 0 heterocycles. The predicted molar refractivity (Wildman–Crippen MR) is 66.5 cm³/mol. The zero-order valence-electron chi connectivity index (χ0n) is 10.3. The number of aliphatic hydroxyl groups excluding tert-OH is 2. The van der Waals surface area contributed by atoms with Crippen LogP contribution < -0.4 is 0 Å². The fourth-order valence-corrected chi connectivity index (χ4v) is 1.32. The Hall–Kier alpha value is -1.02. The summed E-state index contributed by atoms with van der Waals surface area (Å²) in [5, 5.41) is 18.6. The molecule has 1 aromatic rings. The molecule has 0 bridgehead atoms. The minimum absolute atomic E-state index is 0. The van der Waals surface area contributed by atoms with Crippen molar-refractivity contribution in [1.29, 1.82) is 0 Å². The van der Waals surface area contributed by atoms with Gasteiger partial charge in [-0.05, 0) is 12.0 Å². The van der Waals surface area contributed by atoms with Gasteiger partial charge in [0.15, 0.2) is 0 Å². The zero-order valence-corrected chi connectivity index (χ0v) is 10.3. The maximum Gasteiger partial charge on any atom is 0.0942 e. The van der Waals surface area contributed by atoms with E-state index in [9.17, 15) is 0 Å². The summed E-state index contributed by atoms with van der Waals surface area (Å²) in [6.07, 6.45) is 0.775. The molecular weight excluding hydrogens is 238 g/mol. The van der Waals surface area contributed by atoms with Crippen molar-refractivity contribution < 1.29 is 25.4 Å². The molecule has 0 radical (unpaired) electrons. The fourth-order valence-electron chi connectivity index (χ4n) is 1.32. The number of hydroxylamine groups is 2. The van der Waals surface area contributed by atoms with Crippen LogP contribution >= 0.6 is 0 Å². The van der Waals surface area contributed by atoms with Gasteiger partial charge in [-0.25, -0.2) is 0 Å². The smallest absolute Gasteiger partial charge is 0.0942 e. The van der Waals surface area contributed by atoms with Crippen LogP contribution in [0.2, 0.25) is 0 Å². The van der Waals surface area contributed by atoms with E-state index in [-0.39, 0.29) is 31.9 Å². The van der Waals surface area contributed by atoms with Crippen LogP contribution in [0, 0.1) is 0 Å². The average molecular weight is 259 g/mol. The summed E-state index contributed by atoms with van der Waals surface area (Å²) in [5.41, 5.74) is 1.18. The molecule has 0 amide bonds. The first-order valence-corrected chi connectivity index (χ1v) is 5.66. The lowest BCUT2D eigenvalue weighted by Crippen LogP contribution is -2.29. The van der Waals surface area contributed by atoms with Crippen LogP contribution in [0.5, 0.6) is 0 Å². The van der Waals surface area contributed by atoms with Gasteiger partial charge < -0.3 is 15.7 Å². The van der Waals surface area contributed by atoms with Crippen molar-refractivity contribution >= 4 is 0 Å². The van der Waals surface area contributed by atoms with Crippen molar-refractivity contribution in [3.63, 3.8) is 0 Å². The van der Waals surface area contributed by atoms with E-state index in [1.54, 1.807) is 0 Å². The number of nitrogens with zero attached hydrogens (tertiary/aromatic N) is 1. The van der Waals surface area contributed by atoms with Gasteiger partial charge in [-0.1, -0.05) is 35.6 Å². The summed E-state index contributed by atoms with van der Waals surface area (Å²) in [7, 11) is 0. The van der Waals surface area contributed by atoms with Crippen molar-refractivity contribution in [2.75, 3.05) is 33.0 Å². The van der Waals surface area contributed by atoms with Gasteiger partial charge in [0.05, 0.1) is 33.0 Å². The normalized spacial score (nSPS) is 10.4. The Kier molecular flexibility index (Phi) is 10.5. The molecule has 0 spiro atoms. The second kappa shape index (κ2) is 11.1. The topological polar surface area (TPSA) is 93.7 Å². The lowest BCUT2D eigenvalue weighted by Gasteiger charge is -2.20. The molecule has 18 heavy (non-hydrogen) atoms. The zero-order chi connectivity index (χ0) is 12.3. The number of hydrogen-bond donors (Lipinski definition) is 2. The summed E-state index contributed by atoms with van der Waals surface area (Å²) in [5.74, 6) is 0. The highest BCUT2D eigenvalue weighted by Crippen LogP contribution is 2.02. The lowest BCUT2D eigenvalue weighted by atomic mass is 10.2. The molecule has 6 heteroatoms. The summed E-state index contributed by atoms with van der Waals surface area (Å²) < 4.78 is 0. The fraction of sp³-hybridized carbons (Fsp3) is 0.500. The predicted octanol–water partition coefficient (Wildman–Crippen LogP) is -0.446. The van der Waals surface area contributed by atoms with Gasteiger partial charge in [0, 0.05) is 0 Å². The summed E-state index contributed by atoms with van der Waals surface area (Å²) >= 11 is 0. The van der Waals surface area contributed by atoms with Crippen molar-refractivity contribution in [1.82, 2.24) is 5.23 Å². The van der Waals surface area contributed by atoms with Gasteiger partial charge >= 0.3 is 0 Å². The molecule has 0 aliphatic rings. The number of rotatable bonds is 9. The molecule has 1 aromatic carbocycles. The molecule has 6 nitrogen and oxygen atoms in total. The standard InChI is InChI=1S/C12H19NO4.H2O/c14-8-10-16-13(17-11-9-15)7-6-12-4-2-1-3-5-12;/h1-5,14-15H,6-11H2;1H2. The Labute approximate surface area is 107 Å². The van der Waals surface area contributed by atoms with Gasteiger partial charge in [0.25, 0.3) is 0 Å². The Morgan fingerprint density at radius 3 is 2.00 bits per heavy atom. The highest BCUT2D eigenvalue weighted by atomic mass is 16.9. The summed E-state index contributed by atoms with van der Waals surface area (Å²) in [6, 6.07) is 9.96. The monoisotopic (exact) mass is 259 g/mol. The third-order valence-corrected chi connectivity index (χ3v) is 2.08. The highest BCUT2D eigenvalue weighted by Gasteiger charge is 2.06. The van der Waals surface area contributed by atoms with E-state index in [0.29, 0.717) is 6.54 Å². The lowest BCUT2D eigenvalue weighted by molar-refractivity contribution is -0.370. The van der Waals surface area contributed by atoms with E-state index >= 15 is 0 Å². The van der Waals surface area contributed by atoms with Gasteiger partial charge in [-0.15, -0.1) is 0 Å². The minimum Gasteiger partial charge on any atom is -0.412 e. The van der Waals surface area contributed by atoms with Gasteiger partial charge in [-0.3, -0.25) is 9.68 Å². The van der Waals surface area contributed by atoms with E-state index in [4.69, 9.17) is 19.9 Å². The first-order chi connectivity index (χ1) is 8.36. The molecule has 0 aliphatic carbocycles.